The molecular weight excluding hydrogens is 442 g/mol. The third kappa shape index (κ3) is 4.55. The lowest BCUT2D eigenvalue weighted by Gasteiger charge is -2.34. The van der Waals surface area contributed by atoms with Crippen LogP contribution in [0.2, 0.25) is 0 Å². The van der Waals surface area contributed by atoms with E-state index in [1.165, 1.54) is 0 Å². The van der Waals surface area contributed by atoms with E-state index in [4.69, 9.17) is 9.97 Å². The summed E-state index contributed by atoms with van der Waals surface area (Å²) in [6.45, 7) is 9.54. The van der Waals surface area contributed by atoms with Crippen LogP contribution in [0.15, 0.2) is 36.5 Å². The number of nitrogens with one attached hydrogen (secondary N) is 1. The normalized spacial score (nSPS) is 18.2. The van der Waals surface area contributed by atoms with Crippen LogP contribution >= 0.6 is 0 Å². The van der Waals surface area contributed by atoms with E-state index in [9.17, 15) is 9.59 Å². The summed E-state index contributed by atoms with van der Waals surface area (Å²) in [7, 11) is 0. The number of para-hydroxylation sites is 1. The number of nitrogens with zero attached hydrogens (tertiary/aromatic N) is 6. The van der Waals surface area contributed by atoms with Gasteiger partial charge in [0.1, 0.15) is 18.1 Å². The third-order valence-corrected chi connectivity index (χ3v) is 6.91. The van der Waals surface area contributed by atoms with Crippen LogP contribution in [0.4, 0.5) is 11.8 Å². The predicted octanol–water partition coefficient (Wildman–Crippen LogP) is 2.77. The van der Waals surface area contributed by atoms with Crippen LogP contribution in [0.1, 0.15) is 43.6 Å². The summed E-state index contributed by atoms with van der Waals surface area (Å²) in [4.78, 5) is 44.3. The monoisotopic (exact) mass is 473 g/mol. The van der Waals surface area contributed by atoms with E-state index in [-0.39, 0.29) is 11.9 Å². The molecule has 0 aliphatic carbocycles. The number of rotatable bonds is 6. The van der Waals surface area contributed by atoms with Crippen molar-refractivity contribution in [2.75, 3.05) is 36.4 Å². The predicted molar refractivity (Wildman–Crippen MR) is 135 cm³/mol. The molecule has 5 rings (SSSR count). The smallest absolute Gasteiger partial charge is 0.227 e. The number of anilines is 2. The molecule has 2 aromatic heterocycles. The van der Waals surface area contributed by atoms with Gasteiger partial charge in [0.2, 0.25) is 11.9 Å². The third-order valence-electron chi connectivity index (χ3n) is 6.91. The van der Waals surface area contributed by atoms with Crippen LogP contribution in [0.25, 0.3) is 10.9 Å². The highest BCUT2D eigenvalue weighted by molar-refractivity contribution is 5.78. The summed E-state index contributed by atoms with van der Waals surface area (Å²) in [6.07, 6.45) is 2.86. The van der Waals surface area contributed by atoms with Gasteiger partial charge in [0.25, 0.3) is 0 Å². The second-order valence-corrected chi connectivity index (χ2v) is 9.47. The topological polar surface area (TPSA) is 94.6 Å². The van der Waals surface area contributed by atoms with Crippen molar-refractivity contribution in [3.63, 3.8) is 0 Å². The number of carbonyl (C=O) groups is 2. The fraction of sp³-hybridized carbons (Fsp3) is 0.423. The number of aldehydes is 1. The Kier molecular flexibility index (Phi) is 6.34. The van der Waals surface area contributed by atoms with Gasteiger partial charge in [0.05, 0.1) is 11.2 Å². The lowest BCUT2D eigenvalue weighted by molar-refractivity contribution is -0.129. The molecule has 0 bridgehead atoms. The highest BCUT2D eigenvalue weighted by atomic mass is 16.2. The average Bonchev–Trinajstić information content (AvgIpc) is 3.26. The summed E-state index contributed by atoms with van der Waals surface area (Å²) in [5.74, 6) is 1.44. The Hall–Kier alpha value is -3.59. The van der Waals surface area contributed by atoms with Gasteiger partial charge in [-0.15, -0.1) is 0 Å². The summed E-state index contributed by atoms with van der Waals surface area (Å²) in [5.41, 5.74) is 3.76. The zero-order chi connectivity index (χ0) is 24.5. The quantitative estimate of drug-likeness (QED) is 0.546. The minimum Gasteiger partial charge on any atom is -0.365 e. The fourth-order valence-corrected chi connectivity index (χ4v) is 4.88. The van der Waals surface area contributed by atoms with Gasteiger partial charge >= 0.3 is 0 Å². The molecule has 0 spiro atoms. The Bertz CT molecular complexity index is 1250. The first-order valence-corrected chi connectivity index (χ1v) is 12.1. The van der Waals surface area contributed by atoms with Crippen molar-refractivity contribution in [1.29, 1.82) is 0 Å². The Morgan fingerprint density at radius 1 is 1.17 bits per heavy atom. The van der Waals surface area contributed by atoms with Gasteiger partial charge in [0, 0.05) is 69.4 Å². The molecule has 1 N–H and O–H groups in total. The average molecular weight is 474 g/mol. The van der Waals surface area contributed by atoms with E-state index in [0.29, 0.717) is 45.2 Å². The highest BCUT2D eigenvalue weighted by Crippen LogP contribution is 2.37. The van der Waals surface area contributed by atoms with Gasteiger partial charge < -0.3 is 19.9 Å². The van der Waals surface area contributed by atoms with E-state index in [0.717, 1.165) is 39.8 Å². The van der Waals surface area contributed by atoms with Crippen LogP contribution in [0.3, 0.4) is 0 Å². The number of benzene rings is 1. The number of hydrogen-bond acceptors (Lipinski definition) is 8. The SMILES string of the molecule is CC(=O)N1CCN(c2nc(NCc3cnc4ccccc4c3)c3c(n2)C(C=O)N(C(C)C)C3)CC1. The van der Waals surface area contributed by atoms with Gasteiger partial charge in [-0.25, -0.2) is 4.98 Å². The maximum Gasteiger partial charge on any atom is 0.227 e. The molecule has 0 saturated carbocycles. The number of pyridine rings is 1. The maximum absolute atomic E-state index is 12.1. The van der Waals surface area contributed by atoms with Crippen molar-refractivity contribution in [2.45, 2.75) is 45.9 Å². The maximum atomic E-state index is 12.1. The van der Waals surface area contributed by atoms with Crippen molar-refractivity contribution in [1.82, 2.24) is 24.8 Å². The standard InChI is InChI=1S/C26H31N7O2/c1-17(2)33-15-21-24(23(33)16-34)29-26(32-10-8-31(9-11-32)18(3)35)30-25(21)28-14-19-12-20-6-4-5-7-22(20)27-13-19/h4-7,12-13,16-17,23H,8-11,14-15H2,1-3H3,(H,28,29,30). The van der Waals surface area contributed by atoms with Gasteiger partial charge in [-0.2, -0.15) is 4.98 Å². The first-order valence-electron chi connectivity index (χ1n) is 12.1. The largest absolute Gasteiger partial charge is 0.365 e. The van der Waals surface area contributed by atoms with E-state index >= 15 is 0 Å². The molecule has 4 heterocycles. The van der Waals surface area contributed by atoms with Gasteiger partial charge in [0.15, 0.2) is 0 Å². The molecule has 35 heavy (non-hydrogen) atoms. The number of fused-ring (bicyclic) bond motifs is 2. The second-order valence-electron chi connectivity index (χ2n) is 9.47. The van der Waals surface area contributed by atoms with Crippen molar-refractivity contribution >= 4 is 34.9 Å². The number of aromatic nitrogens is 3. The van der Waals surface area contributed by atoms with Gasteiger partial charge in [-0.3, -0.25) is 14.7 Å². The van der Waals surface area contributed by atoms with E-state index in [1.807, 2.05) is 29.3 Å². The van der Waals surface area contributed by atoms with E-state index in [2.05, 4.69) is 46.1 Å². The first-order chi connectivity index (χ1) is 16.9. The van der Waals surface area contributed by atoms with Crippen LogP contribution in [-0.4, -0.2) is 69.2 Å². The van der Waals surface area contributed by atoms with Crippen molar-refractivity contribution in [3.05, 3.63) is 53.3 Å². The van der Waals surface area contributed by atoms with Crippen LogP contribution < -0.4 is 10.2 Å². The number of hydrogen-bond donors (Lipinski definition) is 1. The molecule has 0 radical (unpaired) electrons. The Balaban J connectivity index is 1.45. The molecule has 1 aromatic carbocycles. The van der Waals surface area contributed by atoms with Crippen LogP contribution in [0, 0.1) is 0 Å². The lowest BCUT2D eigenvalue weighted by atomic mass is 10.1. The molecule has 1 saturated heterocycles. The molecule has 182 valence electrons. The molecule has 1 amide bonds. The molecule has 1 fully saturated rings. The molecule has 9 heteroatoms. The molecule has 2 aliphatic rings. The van der Waals surface area contributed by atoms with Crippen LogP contribution in [-0.2, 0) is 22.7 Å². The summed E-state index contributed by atoms with van der Waals surface area (Å²) in [6, 6.07) is 9.99. The Morgan fingerprint density at radius 2 is 1.94 bits per heavy atom. The van der Waals surface area contributed by atoms with Crippen molar-refractivity contribution in [2.24, 2.45) is 0 Å². The Labute approximate surface area is 205 Å². The second kappa shape index (κ2) is 9.58. The molecular formula is C26H31N7O2. The molecule has 3 aromatic rings. The van der Waals surface area contributed by atoms with E-state index in [1.54, 1.807) is 6.92 Å². The zero-order valence-corrected chi connectivity index (χ0v) is 20.4. The molecule has 1 unspecified atom stereocenters. The van der Waals surface area contributed by atoms with E-state index < -0.39 is 6.04 Å². The van der Waals surface area contributed by atoms with Crippen molar-refractivity contribution < 1.29 is 9.59 Å². The Morgan fingerprint density at radius 3 is 2.66 bits per heavy atom. The fourth-order valence-electron chi connectivity index (χ4n) is 4.88. The molecule has 2 aliphatic heterocycles. The minimum absolute atomic E-state index is 0.0828. The van der Waals surface area contributed by atoms with Crippen LogP contribution in [0.5, 0.6) is 0 Å². The van der Waals surface area contributed by atoms with Crippen molar-refractivity contribution in [3.8, 4) is 0 Å². The molecule has 1 atom stereocenters. The summed E-state index contributed by atoms with van der Waals surface area (Å²) >= 11 is 0. The number of carbonyl (C=O) groups excluding carboxylic acids is 2. The van der Waals surface area contributed by atoms with Gasteiger partial charge in [-0.1, -0.05) is 18.2 Å². The minimum atomic E-state index is -0.395. The highest BCUT2D eigenvalue weighted by Gasteiger charge is 2.36. The zero-order valence-electron chi connectivity index (χ0n) is 20.4. The first kappa shape index (κ1) is 23.2. The van der Waals surface area contributed by atoms with Gasteiger partial charge in [-0.05, 0) is 31.5 Å². The summed E-state index contributed by atoms with van der Waals surface area (Å²) in [5, 5.41) is 4.61. The lowest BCUT2D eigenvalue weighted by Crippen LogP contribution is -2.48. The number of amides is 1. The summed E-state index contributed by atoms with van der Waals surface area (Å²) < 4.78 is 0. The molecule has 9 nitrogen and oxygen atoms in total. The number of piperazine rings is 1.